The number of nitrogens with one attached hydrogen (secondary N) is 2. The van der Waals surface area contributed by atoms with Gasteiger partial charge in [-0.3, -0.25) is 4.90 Å². The molecule has 1 aliphatic carbocycles. The highest BCUT2D eigenvalue weighted by Crippen LogP contribution is 2.31. The molecule has 2 aliphatic rings. The first-order chi connectivity index (χ1) is 14.4. The van der Waals surface area contributed by atoms with Crippen molar-refractivity contribution in [1.82, 2.24) is 15.5 Å². The number of ether oxygens (including phenoxy) is 2. The molecule has 0 saturated heterocycles. The van der Waals surface area contributed by atoms with Crippen molar-refractivity contribution in [3.8, 4) is 5.75 Å². The van der Waals surface area contributed by atoms with E-state index < -0.39 is 12.0 Å². The van der Waals surface area contributed by atoms with Gasteiger partial charge in [0.1, 0.15) is 5.75 Å². The number of amides is 2. The highest BCUT2D eigenvalue weighted by molar-refractivity contribution is 5.95. The summed E-state index contributed by atoms with van der Waals surface area (Å²) in [6.45, 7) is 6.89. The number of nitrogens with zero attached hydrogens (tertiary/aromatic N) is 1. The van der Waals surface area contributed by atoms with E-state index in [0.29, 0.717) is 35.6 Å². The molecule has 0 spiro atoms. The number of hydrogen-bond acceptors (Lipinski definition) is 5. The van der Waals surface area contributed by atoms with E-state index in [2.05, 4.69) is 29.4 Å². The number of hydrogen-bond donors (Lipinski definition) is 2. The van der Waals surface area contributed by atoms with Gasteiger partial charge in [0.15, 0.2) is 0 Å². The maximum absolute atomic E-state index is 13.0. The Labute approximate surface area is 178 Å². The maximum Gasteiger partial charge on any atom is 0.338 e. The van der Waals surface area contributed by atoms with Crippen LogP contribution in [-0.4, -0.2) is 49.2 Å². The third kappa shape index (κ3) is 4.95. The van der Waals surface area contributed by atoms with Crippen LogP contribution in [0.2, 0.25) is 0 Å². The van der Waals surface area contributed by atoms with E-state index in [-0.39, 0.29) is 12.6 Å². The van der Waals surface area contributed by atoms with Crippen molar-refractivity contribution in [2.24, 2.45) is 0 Å². The molecule has 164 valence electrons. The fourth-order valence-corrected chi connectivity index (χ4v) is 4.39. The number of esters is 1. The molecule has 2 N–H and O–H groups in total. The van der Waals surface area contributed by atoms with Gasteiger partial charge in [-0.1, -0.05) is 25.0 Å². The molecule has 1 aromatic carbocycles. The zero-order valence-corrected chi connectivity index (χ0v) is 18.4. The summed E-state index contributed by atoms with van der Waals surface area (Å²) >= 11 is 0. The minimum absolute atomic E-state index is 0.273. The third-order valence-corrected chi connectivity index (χ3v) is 5.90. The number of rotatable bonds is 8. The predicted octanol–water partition coefficient (Wildman–Crippen LogP) is 3.52. The largest absolute Gasteiger partial charge is 0.497 e. The first-order valence-corrected chi connectivity index (χ1v) is 10.8. The number of benzene rings is 1. The highest BCUT2D eigenvalue weighted by Gasteiger charge is 2.36. The lowest BCUT2D eigenvalue weighted by molar-refractivity contribution is -0.139. The first kappa shape index (κ1) is 22.2. The van der Waals surface area contributed by atoms with Crippen LogP contribution in [0.5, 0.6) is 5.75 Å². The fraction of sp³-hybridized carbons (Fsp3) is 0.565. The van der Waals surface area contributed by atoms with E-state index in [1.54, 1.807) is 14.0 Å². The molecule has 1 unspecified atom stereocenters. The van der Waals surface area contributed by atoms with Crippen molar-refractivity contribution in [2.75, 3.05) is 20.3 Å². The average Bonchev–Trinajstić information content (AvgIpc) is 3.26. The van der Waals surface area contributed by atoms with Crippen LogP contribution >= 0.6 is 0 Å². The van der Waals surface area contributed by atoms with E-state index in [9.17, 15) is 9.59 Å². The molecule has 30 heavy (non-hydrogen) atoms. The average molecular weight is 416 g/mol. The minimum Gasteiger partial charge on any atom is -0.497 e. The van der Waals surface area contributed by atoms with Crippen LogP contribution in [0.4, 0.5) is 4.79 Å². The Morgan fingerprint density at radius 1 is 1.20 bits per heavy atom. The molecular weight excluding hydrogens is 382 g/mol. The SMILES string of the molecule is CCOC(=O)C1=C(CN(C(C)C)C2CCCC2)NC(=O)NC1c1ccc(OC)cc1. The summed E-state index contributed by atoms with van der Waals surface area (Å²) < 4.78 is 10.6. The van der Waals surface area contributed by atoms with Crippen LogP contribution in [-0.2, 0) is 9.53 Å². The lowest BCUT2D eigenvalue weighted by atomic mass is 9.94. The van der Waals surface area contributed by atoms with Crippen LogP contribution in [0.1, 0.15) is 58.1 Å². The third-order valence-electron chi connectivity index (χ3n) is 5.90. The monoisotopic (exact) mass is 415 g/mol. The van der Waals surface area contributed by atoms with Crippen molar-refractivity contribution in [3.63, 3.8) is 0 Å². The number of carbonyl (C=O) groups excluding carboxylic acids is 2. The lowest BCUT2D eigenvalue weighted by Gasteiger charge is -2.36. The van der Waals surface area contributed by atoms with Crippen LogP contribution in [0.3, 0.4) is 0 Å². The Hall–Kier alpha value is -2.54. The van der Waals surface area contributed by atoms with E-state index in [1.165, 1.54) is 12.8 Å². The van der Waals surface area contributed by atoms with Crippen molar-refractivity contribution >= 4 is 12.0 Å². The second-order valence-corrected chi connectivity index (χ2v) is 8.12. The van der Waals surface area contributed by atoms with Crippen LogP contribution in [0, 0.1) is 0 Å². The predicted molar refractivity (Wildman–Crippen MR) is 115 cm³/mol. The van der Waals surface area contributed by atoms with Crippen molar-refractivity contribution < 1.29 is 19.1 Å². The summed E-state index contributed by atoms with van der Waals surface area (Å²) in [5, 5.41) is 5.79. The molecule has 1 aromatic rings. The molecular formula is C23H33N3O4. The molecule has 1 aliphatic heterocycles. The number of methoxy groups -OCH3 is 1. The Morgan fingerprint density at radius 3 is 2.43 bits per heavy atom. The van der Waals surface area contributed by atoms with E-state index in [1.807, 2.05) is 24.3 Å². The Balaban J connectivity index is 2.00. The maximum atomic E-state index is 13.0. The Morgan fingerprint density at radius 2 is 1.87 bits per heavy atom. The van der Waals surface area contributed by atoms with Gasteiger partial charge >= 0.3 is 12.0 Å². The van der Waals surface area contributed by atoms with E-state index >= 15 is 0 Å². The molecule has 0 radical (unpaired) electrons. The summed E-state index contributed by atoms with van der Waals surface area (Å²) in [4.78, 5) is 27.9. The topological polar surface area (TPSA) is 79.9 Å². The molecule has 1 atom stereocenters. The Kier molecular flexibility index (Phi) is 7.37. The van der Waals surface area contributed by atoms with Gasteiger partial charge < -0.3 is 20.1 Å². The van der Waals surface area contributed by atoms with Gasteiger partial charge in [0.2, 0.25) is 0 Å². The van der Waals surface area contributed by atoms with Gasteiger partial charge in [-0.15, -0.1) is 0 Å². The van der Waals surface area contributed by atoms with Crippen molar-refractivity contribution in [2.45, 2.75) is 64.6 Å². The van der Waals surface area contributed by atoms with Crippen LogP contribution in [0.25, 0.3) is 0 Å². The van der Waals surface area contributed by atoms with Crippen LogP contribution in [0.15, 0.2) is 35.5 Å². The van der Waals surface area contributed by atoms with Crippen LogP contribution < -0.4 is 15.4 Å². The van der Waals surface area contributed by atoms with Gasteiger partial charge in [-0.2, -0.15) is 0 Å². The molecule has 7 heteroatoms. The van der Waals surface area contributed by atoms with Gasteiger partial charge in [0, 0.05) is 24.3 Å². The molecule has 3 rings (SSSR count). The Bertz CT molecular complexity index is 782. The first-order valence-electron chi connectivity index (χ1n) is 10.8. The summed E-state index contributed by atoms with van der Waals surface area (Å²) in [6.07, 6.45) is 4.74. The molecule has 2 amide bonds. The molecule has 7 nitrogen and oxygen atoms in total. The summed E-state index contributed by atoms with van der Waals surface area (Å²) in [7, 11) is 1.60. The quantitative estimate of drug-likeness (QED) is 0.635. The second-order valence-electron chi connectivity index (χ2n) is 8.12. The number of urea groups is 1. The minimum atomic E-state index is -0.573. The molecule has 0 bridgehead atoms. The van der Waals surface area contributed by atoms with E-state index in [0.717, 1.165) is 18.4 Å². The molecule has 1 fully saturated rings. The van der Waals surface area contributed by atoms with E-state index in [4.69, 9.17) is 9.47 Å². The fourth-order valence-electron chi connectivity index (χ4n) is 4.39. The molecule has 0 aromatic heterocycles. The molecule has 1 heterocycles. The van der Waals surface area contributed by atoms with Crippen molar-refractivity contribution in [1.29, 1.82) is 0 Å². The standard InChI is InChI=1S/C23H33N3O4/c1-5-30-22(27)20-19(14-26(15(2)3)17-8-6-7-9-17)24-23(28)25-21(20)16-10-12-18(29-4)13-11-16/h10-13,15,17,21H,5-9,14H2,1-4H3,(H2,24,25,28). The van der Waals surface area contributed by atoms with Crippen molar-refractivity contribution in [3.05, 3.63) is 41.1 Å². The summed E-state index contributed by atoms with van der Waals surface area (Å²) in [5.41, 5.74) is 1.90. The summed E-state index contributed by atoms with van der Waals surface area (Å²) in [6, 6.07) is 7.26. The number of carbonyl (C=O) groups is 2. The van der Waals surface area contributed by atoms with Gasteiger partial charge in [0.25, 0.3) is 0 Å². The van der Waals surface area contributed by atoms with Gasteiger partial charge in [0.05, 0.1) is 25.3 Å². The lowest BCUT2D eigenvalue weighted by Crippen LogP contribution is -2.50. The zero-order valence-electron chi connectivity index (χ0n) is 18.4. The normalized spacial score (nSPS) is 19.8. The van der Waals surface area contributed by atoms with Gasteiger partial charge in [-0.25, -0.2) is 9.59 Å². The highest BCUT2D eigenvalue weighted by atomic mass is 16.5. The summed E-state index contributed by atoms with van der Waals surface area (Å²) in [5.74, 6) is 0.309. The zero-order chi connectivity index (χ0) is 21.7. The smallest absolute Gasteiger partial charge is 0.338 e. The molecule has 1 saturated carbocycles. The van der Waals surface area contributed by atoms with Gasteiger partial charge in [-0.05, 0) is 51.3 Å². The second kappa shape index (κ2) is 9.98.